The molecule has 0 radical (unpaired) electrons. The zero-order valence-corrected chi connectivity index (χ0v) is 12.9. The van der Waals surface area contributed by atoms with Gasteiger partial charge in [0, 0.05) is 31.2 Å². The van der Waals surface area contributed by atoms with Crippen molar-refractivity contribution < 1.29 is 5.11 Å². The molecule has 18 heavy (non-hydrogen) atoms. The van der Waals surface area contributed by atoms with E-state index in [0.717, 1.165) is 6.54 Å². The van der Waals surface area contributed by atoms with Gasteiger partial charge in [-0.25, -0.2) is 0 Å². The number of aliphatic hydroxyl groups excluding tert-OH is 1. The van der Waals surface area contributed by atoms with Crippen LogP contribution in [-0.4, -0.2) is 35.7 Å². The summed E-state index contributed by atoms with van der Waals surface area (Å²) in [4.78, 5) is 2.66. The van der Waals surface area contributed by atoms with Crippen molar-refractivity contribution in [2.45, 2.75) is 72.3 Å². The van der Waals surface area contributed by atoms with Gasteiger partial charge in [0.05, 0.1) is 0 Å². The first-order chi connectivity index (χ1) is 8.56. The molecule has 0 heterocycles. The van der Waals surface area contributed by atoms with Crippen LogP contribution in [0.15, 0.2) is 0 Å². The predicted octanol–water partition coefficient (Wildman–Crippen LogP) is 3.69. The number of rotatable bonds is 8. The van der Waals surface area contributed by atoms with E-state index in [0.29, 0.717) is 18.6 Å². The van der Waals surface area contributed by atoms with Gasteiger partial charge in [-0.05, 0) is 31.6 Å². The SMILES string of the molecule is CCC(CC)N(CC(C)C)CC1(CO)CCCC1. The van der Waals surface area contributed by atoms with Crippen LogP contribution in [0.5, 0.6) is 0 Å². The molecule has 2 nitrogen and oxygen atoms in total. The molecule has 0 aromatic rings. The van der Waals surface area contributed by atoms with Crippen LogP contribution in [0, 0.1) is 11.3 Å². The molecule has 0 unspecified atom stereocenters. The minimum Gasteiger partial charge on any atom is -0.396 e. The number of hydrogen-bond acceptors (Lipinski definition) is 2. The second kappa shape index (κ2) is 7.49. The summed E-state index contributed by atoms with van der Waals surface area (Å²) < 4.78 is 0. The van der Waals surface area contributed by atoms with E-state index in [1.54, 1.807) is 0 Å². The average Bonchev–Trinajstić information content (AvgIpc) is 2.79. The number of hydrogen-bond donors (Lipinski definition) is 1. The van der Waals surface area contributed by atoms with Gasteiger partial charge < -0.3 is 5.11 Å². The Labute approximate surface area is 114 Å². The maximum Gasteiger partial charge on any atom is 0.0499 e. The van der Waals surface area contributed by atoms with Gasteiger partial charge in [0.1, 0.15) is 0 Å². The molecule has 1 N–H and O–H groups in total. The highest BCUT2D eigenvalue weighted by molar-refractivity contribution is 4.88. The van der Waals surface area contributed by atoms with Crippen LogP contribution in [-0.2, 0) is 0 Å². The van der Waals surface area contributed by atoms with E-state index >= 15 is 0 Å². The third kappa shape index (κ3) is 4.24. The first-order valence-electron chi connectivity index (χ1n) is 7.91. The Balaban J connectivity index is 2.69. The summed E-state index contributed by atoms with van der Waals surface area (Å²) in [6, 6.07) is 0.691. The Morgan fingerprint density at radius 1 is 1.11 bits per heavy atom. The zero-order chi connectivity index (χ0) is 13.6. The Morgan fingerprint density at radius 3 is 2.06 bits per heavy atom. The third-order valence-corrected chi connectivity index (χ3v) is 4.60. The van der Waals surface area contributed by atoms with Crippen LogP contribution in [0.4, 0.5) is 0 Å². The maximum atomic E-state index is 9.80. The molecule has 0 saturated heterocycles. The highest BCUT2D eigenvalue weighted by Crippen LogP contribution is 2.39. The first kappa shape index (κ1) is 16.0. The molecule has 1 aliphatic rings. The van der Waals surface area contributed by atoms with E-state index in [9.17, 15) is 5.11 Å². The summed E-state index contributed by atoms with van der Waals surface area (Å²) in [6.07, 6.45) is 7.50. The topological polar surface area (TPSA) is 23.5 Å². The van der Waals surface area contributed by atoms with Gasteiger partial charge >= 0.3 is 0 Å². The van der Waals surface area contributed by atoms with E-state index in [4.69, 9.17) is 0 Å². The molecule has 108 valence electrons. The fourth-order valence-electron chi connectivity index (χ4n) is 3.54. The minimum atomic E-state index is 0.206. The van der Waals surface area contributed by atoms with Crippen molar-refractivity contribution in [1.82, 2.24) is 4.90 Å². The lowest BCUT2D eigenvalue weighted by molar-refractivity contribution is 0.0486. The van der Waals surface area contributed by atoms with Crippen molar-refractivity contribution in [2.24, 2.45) is 11.3 Å². The minimum absolute atomic E-state index is 0.206. The lowest BCUT2D eigenvalue weighted by Gasteiger charge is -2.39. The standard InChI is InChI=1S/C16H33NO/c1-5-15(6-2)17(11-14(3)4)12-16(13-18)9-7-8-10-16/h14-15,18H,5-13H2,1-4H3. The predicted molar refractivity (Wildman–Crippen MR) is 78.8 cm³/mol. The van der Waals surface area contributed by atoms with Crippen LogP contribution >= 0.6 is 0 Å². The largest absolute Gasteiger partial charge is 0.396 e. The molecule has 2 heteroatoms. The Morgan fingerprint density at radius 2 is 1.67 bits per heavy atom. The van der Waals surface area contributed by atoms with E-state index in [1.807, 2.05) is 0 Å². The molecular formula is C16H33NO. The Bertz CT molecular complexity index is 217. The molecule has 0 atom stereocenters. The van der Waals surface area contributed by atoms with Crippen LogP contribution < -0.4 is 0 Å². The summed E-state index contributed by atoms with van der Waals surface area (Å²) >= 11 is 0. The molecule has 1 aliphatic carbocycles. The van der Waals surface area contributed by atoms with Crippen LogP contribution in [0.2, 0.25) is 0 Å². The van der Waals surface area contributed by atoms with Crippen LogP contribution in [0.3, 0.4) is 0 Å². The highest BCUT2D eigenvalue weighted by atomic mass is 16.3. The summed E-state index contributed by atoms with van der Waals surface area (Å²) in [7, 11) is 0. The molecule has 1 saturated carbocycles. The van der Waals surface area contributed by atoms with Crippen molar-refractivity contribution in [3.63, 3.8) is 0 Å². The monoisotopic (exact) mass is 255 g/mol. The first-order valence-corrected chi connectivity index (χ1v) is 7.91. The Kier molecular flexibility index (Phi) is 6.65. The molecule has 0 spiro atoms. The average molecular weight is 255 g/mol. The van der Waals surface area contributed by atoms with Gasteiger partial charge in [0.25, 0.3) is 0 Å². The van der Waals surface area contributed by atoms with E-state index in [2.05, 4.69) is 32.6 Å². The summed E-state index contributed by atoms with van der Waals surface area (Å²) in [5.74, 6) is 0.711. The summed E-state index contributed by atoms with van der Waals surface area (Å²) in [5.41, 5.74) is 0.206. The molecule has 0 aliphatic heterocycles. The quantitative estimate of drug-likeness (QED) is 0.715. The van der Waals surface area contributed by atoms with Gasteiger partial charge in [0.2, 0.25) is 0 Å². The highest BCUT2D eigenvalue weighted by Gasteiger charge is 2.36. The second-order valence-electron chi connectivity index (χ2n) is 6.66. The van der Waals surface area contributed by atoms with Gasteiger partial charge in [-0.3, -0.25) is 4.90 Å². The maximum absolute atomic E-state index is 9.80. The molecule has 0 bridgehead atoms. The molecule has 1 rings (SSSR count). The van der Waals surface area contributed by atoms with Gasteiger partial charge in [-0.2, -0.15) is 0 Å². The fraction of sp³-hybridized carbons (Fsp3) is 1.00. The Hall–Kier alpha value is -0.0800. The van der Waals surface area contributed by atoms with E-state index < -0.39 is 0 Å². The van der Waals surface area contributed by atoms with Crippen LogP contribution in [0.1, 0.15) is 66.2 Å². The third-order valence-electron chi connectivity index (χ3n) is 4.60. The van der Waals surface area contributed by atoms with E-state index in [1.165, 1.54) is 45.1 Å². The lowest BCUT2D eigenvalue weighted by Crippen LogP contribution is -2.45. The van der Waals surface area contributed by atoms with Crippen molar-refractivity contribution >= 4 is 0 Å². The van der Waals surface area contributed by atoms with Crippen molar-refractivity contribution in [1.29, 1.82) is 0 Å². The zero-order valence-electron chi connectivity index (χ0n) is 12.9. The molecule has 0 aromatic heterocycles. The normalized spacial score (nSPS) is 19.3. The van der Waals surface area contributed by atoms with Gasteiger partial charge in [-0.1, -0.05) is 40.5 Å². The number of aliphatic hydroxyl groups is 1. The summed E-state index contributed by atoms with van der Waals surface area (Å²) in [6.45, 7) is 11.8. The summed E-state index contributed by atoms with van der Waals surface area (Å²) in [5, 5.41) is 9.80. The van der Waals surface area contributed by atoms with Gasteiger partial charge in [-0.15, -0.1) is 0 Å². The van der Waals surface area contributed by atoms with Crippen LogP contribution in [0.25, 0.3) is 0 Å². The van der Waals surface area contributed by atoms with Crippen molar-refractivity contribution in [2.75, 3.05) is 19.7 Å². The second-order valence-corrected chi connectivity index (χ2v) is 6.66. The van der Waals surface area contributed by atoms with Crippen molar-refractivity contribution in [3.05, 3.63) is 0 Å². The van der Waals surface area contributed by atoms with E-state index in [-0.39, 0.29) is 5.41 Å². The van der Waals surface area contributed by atoms with Gasteiger partial charge in [0.15, 0.2) is 0 Å². The molecular weight excluding hydrogens is 222 g/mol. The van der Waals surface area contributed by atoms with Crippen molar-refractivity contribution in [3.8, 4) is 0 Å². The molecule has 1 fully saturated rings. The molecule has 0 aromatic carbocycles. The molecule has 0 amide bonds. The fourth-order valence-corrected chi connectivity index (χ4v) is 3.54. The number of nitrogens with zero attached hydrogens (tertiary/aromatic N) is 1. The smallest absolute Gasteiger partial charge is 0.0499 e. The lowest BCUT2D eigenvalue weighted by atomic mass is 9.85.